The second-order valence-corrected chi connectivity index (χ2v) is 2.01. The lowest BCUT2D eigenvalue weighted by atomic mass is 10.3. The van der Waals surface area contributed by atoms with Crippen LogP contribution in [0.2, 0.25) is 0 Å². The molecule has 2 nitrogen and oxygen atoms in total. The molecular weight excluding hydrogens is 188 g/mol. The van der Waals surface area contributed by atoms with Crippen molar-refractivity contribution in [3.63, 3.8) is 0 Å². The van der Waals surface area contributed by atoms with Crippen LogP contribution in [-0.4, -0.2) is 5.91 Å². The average molecular weight is 205 g/mol. The fraction of sp³-hybridized carbons (Fsp3) is 0.300. The predicted octanol–water partition coefficient (Wildman–Crippen LogP) is 3.25. The van der Waals surface area contributed by atoms with E-state index in [0.717, 1.165) is 13.0 Å². The van der Waals surface area contributed by atoms with E-state index in [4.69, 9.17) is 0 Å². The largest absolute Gasteiger partial charge is 0.321 e. The molecule has 0 unspecified atom stereocenters. The van der Waals surface area contributed by atoms with Gasteiger partial charge in [-0.3, -0.25) is 4.79 Å². The topological polar surface area (TPSA) is 29.1 Å². The number of hydrogen-bond acceptors (Lipinski definition) is 1. The van der Waals surface area contributed by atoms with E-state index in [1.165, 1.54) is 0 Å². The van der Waals surface area contributed by atoms with Crippen LogP contribution in [0.15, 0.2) is 36.6 Å². The lowest BCUT2D eigenvalue weighted by Gasteiger charge is -2.04. The summed E-state index contributed by atoms with van der Waals surface area (Å²) in [5, 5.41) is 1.95. The van der Waals surface area contributed by atoms with Gasteiger partial charge in [-0.1, -0.05) is 27.0 Å². The van der Waals surface area contributed by atoms with Gasteiger partial charge < -0.3 is 5.32 Å². The van der Waals surface area contributed by atoms with Gasteiger partial charge in [0, 0.05) is 8.35 Å². The zero-order chi connectivity index (χ0) is 11.7. The third-order valence-electron chi connectivity index (χ3n) is 0.990. The fourth-order valence-corrected chi connectivity index (χ4v) is 0.535. The van der Waals surface area contributed by atoms with Crippen LogP contribution in [0.4, 0.5) is 8.78 Å². The van der Waals surface area contributed by atoms with Gasteiger partial charge in [0.1, 0.15) is 17.4 Å². The highest BCUT2D eigenvalue weighted by Gasteiger charge is 2.08. The molecule has 4 heteroatoms. The first-order chi connectivity index (χ1) is 6.49. The summed E-state index contributed by atoms with van der Waals surface area (Å²) < 4.78 is 25.1. The summed E-state index contributed by atoms with van der Waals surface area (Å²) in [6.07, 6.45) is 0.788. The molecule has 14 heavy (non-hydrogen) atoms. The Bertz CT molecular complexity index is 262. The van der Waals surface area contributed by atoms with E-state index in [1.807, 2.05) is 19.2 Å². The van der Waals surface area contributed by atoms with Gasteiger partial charge in [-0.05, 0) is 6.08 Å². The number of rotatable bonds is 3. The van der Waals surface area contributed by atoms with Crippen molar-refractivity contribution in [2.75, 3.05) is 0 Å². The van der Waals surface area contributed by atoms with Gasteiger partial charge in [0.05, 0.1) is 0 Å². The third kappa shape index (κ3) is 6.11. The smallest absolute Gasteiger partial charge is 0.221 e. The Hall–Kier alpha value is -1.45. The summed E-state index contributed by atoms with van der Waals surface area (Å²) in [4.78, 5) is 10.4. The molecule has 0 aromatic carbocycles. The maximum absolute atomic E-state index is 12.7. The van der Waals surface area contributed by atoms with Crippen LogP contribution in [-0.2, 0) is 4.79 Å². The highest BCUT2D eigenvalue weighted by Crippen LogP contribution is 2.13. The van der Waals surface area contributed by atoms with E-state index in [1.54, 1.807) is 0 Å². The van der Waals surface area contributed by atoms with E-state index in [9.17, 15) is 13.6 Å². The maximum Gasteiger partial charge on any atom is 0.221 e. The predicted molar refractivity (Wildman–Crippen MR) is 55.9 cm³/mol. The zero-order valence-corrected chi connectivity index (χ0v) is 8.66. The summed E-state index contributed by atoms with van der Waals surface area (Å²) in [5.41, 5.74) is -0.572. The van der Waals surface area contributed by atoms with E-state index in [0.29, 0.717) is 0 Å². The molecule has 0 aromatic heterocycles. The first-order valence-electron chi connectivity index (χ1n) is 4.13. The van der Waals surface area contributed by atoms with Crippen LogP contribution in [0.25, 0.3) is 0 Å². The molecule has 0 aliphatic rings. The van der Waals surface area contributed by atoms with Gasteiger partial charge in [-0.2, -0.15) is 0 Å². The Labute approximate surface area is 84.5 Å². The summed E-state index contributed by atoms with van der Waals surface area (Å²) in [5.74, 6) is -2.55. The molecule has 0 radical (unpaired) electrons. The Kier molecular flexibility index (Phi) is 8.77. The van der Waals surface area contributed by atoms with Crippen molar-refractivity contribution in [1.82, 2.24) is 5.32 Å². The molecule has 0 spiro atoms. The molecule has 0 aliphatic heterocycles. The minimum absolute atomic E-state index is 0. The number of hydrogen-bond donors (Lipinski definition) is 1. The SMILES string of the molecule is C=C/C(F)=C(/NC(C)=O)C(=C)F.CC.[HH]. The average Bonchev–Trinajstić information content (AvgIpc) is 2.15. The van der Waals surface area contributed by atoms with E-state index in [-0.39, 0.29) is 1.43 Å². The Morgan fingerprint density at radius 3 is 2.07 bits per heavy atom. The molecule has 82 valence electrons. The summed E-state index contributed by atoms with van der Waals surface area (Å²) in [7, 11) is 0. The van der Waals surface area contributed by atoms with Crippen LogP contribution in [0.1, 0.15) is 22.2 Å². The first-order valence-corrected chi connectivity index (χ1v) is 4.13. The molecule has 0 aromatic rings. The van der Waals surface area contributed by atoms with Gasteiger partial charge in [-0.25, -0.2) is 8.78 Å². The minimum Gasteiger partial charge on any atom is -0.321 e. The normalized spacial score (nSPS) is 10.4. The van der Waals surface area contributed by atoms with Gasteiger partial charge in [0.15, 0.2) is 0 Å². The Balaban J connectivity index is -0.000000449. The van der Waals surface area contributed by atoms with Crippen molar-refractivity contribution in [2.45, 2.75) is 20.8 Å². The van der Waals surface area contributed by atoms with E-state index >= 15 is 0 Å². The molecule has 0 atom stereocenters. The van der Waals surface area contributed by atoms with Crippen LogP contribution >= 0.6 is 0 Å². The van der Waals surface area contributed by atoms with E-state index < -0.39 is 23.3 Å². The van der Waals surface area contributed by atoms with Gasteiger partial charge in [-0.15, -0.1) is 0 Å². The molecular formula is C10H17F2NO. The van der Waals surface area contributed by atoms with Crippen molar-refractivity contribution in [2.24, 2.45) is 0 Å². The van der Waals surface area contributed by atoms with Crippen molar-refractivity contribution < 1.29 is 15.0 Å². The molecule has 0 saturated heterocycles. The molecule has 0 rings (SSSR count). The zero-order valence-electron chi connectivity index (χ0n) is 8.66. The molecule has 1 N–H and O–H groups in total. The molecule has 0 fully saturated rings. The molecule has 0 aliphatic carbocycles. The Morgan fingerprint density at radius 1 is 1.43 bits per heavy atom. The lowest BCUT2D eigenvalue weighted by molar-refractivity contribution is -0.118. The van der Waals surface area contributed by atoms with Crippen LogP contribution in [0.3, 0.4) is 0 Å². The first kappa shape index (κ1) is 15.0. The molecule has 1 amide bonds. The second kappa shape index (κ2) is 8.16. The second-order valence-electron chi connectivity index (χ2n) is 2.01. The van der Waals surface area contributed by atoms with Gasteiger partial charge >= 0.3 is 0 Å². The summed E-state index contributed by atoms with van der Waals surface area (Å²) in [6.45, 7) is 11.1. The third-order valence-corrected chi connectivity index (χ3v) is 0.990. The maximum atomic E-state index is 12.7. The summed E-state index contributed by atoms with van der Waals surface area (Å²) >= 11 is 0. The highest BCUT2D eigenvalue weighted by atomic mass is 19.1. The lowest BCUT2D eigenvalue weighted by Crippen LogP contribution is -2.20. The van der Waals surface area contributed by atoms with Crippen molar-refractivity contribution in [3.8, 4) is 0 Å². The molecule has 0 saturated carbocycles. The number of halogens is 2. The van der Waals surface area contributed by atoms with Gasteiger partial charge in [0.25, 0.3) is 0 Å². The molecule has 0 heterocycles. The van der Waals surface area contributed by atoms with Crippen molar-refractivity contribution in [1.29, 1.82) is 0 Å². The molecule has 0 bridgehead atoms. The number of carbonyl (C=O) groups is 1. The number of allylic oxidation sites excluding steroid dienone is 3. The Morgan fingerprint density at radius 2 is 1.86 bits per heavy atom. The van der Waals surface area contributed by atoms with Gasteiger partial charge in [0.2, 0.25) is 5.91 Å². The number of nitrogens with one attached hydrogen (secondary N) is 1. The quantitative estimate of drug-likeness (QED) is 0.704. The monoisotopic (exact) mass is 205 g/mol. The van der Waals surface area contributed by atoms with Crippen LogP contribution < -0.4 is 5.32 Å². The van der Waals surface area contributed by atoms with Crippen molar-refractivity contribution in [3.05, 3.63) is 36.6 Å². The van der Waals surface area contributed by atoms with Crippen LogP contribution in [0.5, 0.6) is 0 Å². The standard InChI is InChI=1S/C8H9F2NO.C2H6.H2/c1-4-7(10)8(5(2)9)11-6(3)12;1-2;/h4H,1-2H2,3H3,(H,11,12);1-2H3;1H/b8-7-;;. The van der Waals surface area contributed by atoms with Crippen molar-refractivity contribution >= 4 is 5.91 Å². The summed E-state index contributed by atoms with van der Waals surface area (Å²) in [6, 6.07) is 0. The van der Waals surface area contributed by atoms with Crippen LogP contribution in [0, 0.1) is 0 Å². The van der Waals surface area contributed by atoms with E-state index in [2.05, 4.69) is 13.2 Å². The minimum atomic E-state index is -1.04. The number of amides is 1. The number of carbonyl (C=O) groups excluding carboxylic acids is 1. The highest BCUT2D eigenvalue weighted by molar-refractivity contribution is 5.76. The fourth-order valence-electron chi connectivity index (χ4n) is 0.535.